The van der Waals surface area contributed by atoms with Crippen molar-refractivity contribution in [1.29, 1.82) is 0 Å². The van der Waals surface area contributed by atoms with Gasteiger partial charge in [0.25, 0.3) is 0 Å². The Hall–Kier alpha value is -2.77. The molecule has 0 saturated carbocycles. The SMILES string of the molecule is Cc1nc2sc([C@H](c3ccccc3F)N3CCc4ccccc4C3)c(O)n2n1. The minimum absolute atomic E-state index is 0.0349. The van der Waals surface area contributed by atoms with Gasteiger partial charge in [0.1, 0.15) is 11.6 Å². The van der Waals surface area contributed by atoms with Crippen LogP contribution in [-0.2, 0) is 13.0 Å². The van der Waals surface area contributed by atoms with Crippen LogP contribution in [-0.4, -0.2) is 31.1 Å². The van der Waals surface area contributed by atoms with E-state index in [-0.39, 0.29) is 11.7 Å². The number of fused-ring (bicyclic) bond motifs is 2. The van der Waals surface area contributed by atoms with Crippen molar-refractivity contribution in [2.24, 2.45) is 0 Å². The molecule has 0 saturated heterocycles. The topological polar surface area (TPSA) is 53.7 Å². The van der Waals surface area contributed by atoms with Gasteiger partial charge in [-0.2, -0.15) is 4.52 Å². The van der Waals surface area contributed by atoms with Crippen molar-refractivity contribution >= 4 is 16.3 Å². The van der Waals surface area contributed by atoms with Crippen LogP contribution < -0.4 is 0 Å². The van der Waals surface area contributed by atoms with Gasteiger partial charge >= 0.3 is 0 Å². The van der Waals surface area contributed by atoms with Gasteiger partial charge in [0.2, 0.25) is 10.8 Å². The second-order valence-corrected chi connectivity index (χ2v) is 8.07. The third-order valence-corrected chi connectivity index (χ3v) is 6.35. The third-order valence-electron chi connectivity index (χ3n) is 5.28. The Morgan fingerprint density at radius 3 is 2.64 bits per heavy atom. The van der Waals surface area contributed by atoms with Crippen LogP contribution >= 0.6 is 11.3 Å². The minimum atomic E-state index is -0.400. The lowest BCUT2D eigenvalue weighted by atomic mass is 9.95. The van der Waals surface area contributed by atoms with E-state index in [1.807, 2.05) is 12.1 Å². The van der Waals surface area contributed by atoms with Gasteiger partial charge in [-0.05, 0) is 30.5 Å². The molecule has 1 aliphatic heterocycles. The van der Waals surface area contributed by atoms with Gasteiger partial charge in [-0.3, -0.25) is 4.90 Å². The molecule has 142 valence electrons. The minimum Gasteiger partial charge on any atom is -0.492 e. The standard InChI is InChI=1S/C21H19FN4OS/c1-13-23-21-26(24-13)20(27)19(28-21)18(16-8-4-5-9-17(16)22)25-11-10-14-6-2-3-7-15(14)12-25/h2-9,18,27H,10-12H2,1H3/t18-/m0/s1. The first-order valence-corrected chi connectivity index (χ1v) is 10.0. The molecule has 0 aliphatic carbocycles. The maximum Gasteiger partial charge on any atom is 0.230 e. The predicted molar refractivity (Wildman–Crippen MR) is 106 cm³/mol. The molecule has 0 radical (unpaired) electrons. The highest BCUT2D eigenvalue weighted by atomic mass is 32.1. The van der Waals surface area contributed by atoms with Crippen molar-refractivity contribution in [1.82, 2.24) is 19.5 Å². The highest BCUT2D eigenvalue weighted by Gasteiger charge is 2.33. The van der Waals surface area contributed by atoms with Crippen LogP contribution in [0.15, 0.2) is 48.5 Å². The normalized spacial score (nSPS) is 15.6. The Bertz CT molecular complexity index is 1170. The molecule has 3 heterocycles. The fraction of sp³-hybridized carbons (Fsp3) is 0.238. The number of rotatable bonds is 3. The molecule has 1 aliphatic rings. The van der Waals surface area contributed by atoms with E-state index in [1.165, 1.54) is 33.0 Å². The van der Waals surface area contributed by atoms with Gasteiger partial charge in [-0.1, -0.05) is 53.8 Å². The van der Waals surface area contributed by atoms with Gasteiger partial charge in [-0.15, -0.1) is 5.10 Å². The second kappa shape index (κ2) is 6.68. The summed E-state index contributed by atoms with van der Waals surface area (Å²) in [5, 5.41) is 15.1. The highest BCUT2D eigenvalue weighted by molar-refractivity contribution is 7.17. The predicted octanol–water partition coefficient (Wildman–Crippen LogP) is 4.09. The molecular weight excluding hydrogens is 375 g/mol. The van der Waals surface area contributed by atoms with Crippen LogP contribution in [0.4, 0.5) is 4.39 Å². The Morgan fingerprint density at radius 1 is 1.11 bits per heavy atom. The van der Waals surface area contributed by atoms with E-state index in [4.69, 9.17) is 0 Å². The molecule has 1 atom stereocenters. The van der Waals surface area contributed by atoms with Gasteiger partial charge in [0.15, 0.2) is 0 Å². The van der Waals surface area contributed by atoms with E-state index in [1.54, 1.807) is 19.1 Å². The van der Waals surface area contributed by atoms with Gasteiger partial charge < -0.3 is 5.11 Å². The van der Waals surface area contributed by atoms with E-state index in [0.717, 1.165) is 13.0 Å². The van der Waals surface area contributed by atoms with Gasteiger partial charge in [0, 0.05) is 18.7 Å². The first-order valence-electron chi connectivity index (χ1n) is 9.22. The van der Waals surface area contributed by atoms with Gasteiger partial charge in [0.05, 0.1) is 10.9 Å². The lowest BCUT2D eigenvalue weighted by Gasteiger charge is -2.35. The number of nitrogens with zero attached hydrogens (tertiary/aromatic N) is 4. The van der Waals surface area contributed by atoms with Crippen LogP contribution in [0.2, 0.25) is 0 Å². The van der Waals surface area contributed by atoms with Crippen LogP contribution in [0, 0.1) is 12.7 Å². The average molecular weight is 394 g/mol. The van der Waals surface area contributed by atoms with E-state index in [2.05, 4.69) is 33.2 Å². The summed E-state index contributed by atoms with van der Waals surface area (Å²) in [6, 6.07) is 14.7. The Balaban J connectivity index is 1.64. The van der Waals surface area contributed by atoms with E-state index < -0.39 is 6.04 Å². The summed E-state index contributed by atoms with van der Waals surface area (Å²) in [4.78, 5) is 7.87. The first-order chi connectivity index (χ1) is 13.6. The van der Waals surface area contributed by atoms with Crippen LogP contribution in [0.5, 0.6) is 5.88 Å². The average Bonchev–Trinajstić information content (AvgIpc) is 3.21. The number of aromatic nitrogens is 3. The molecule has 28 heavy (non-hydrogen) atoms. The maximum atomic E-state index is 14.8. The monoisotopic (exact) mass is 394 g/mol. The van der Waals surface area contributed by atoms with E-state index >= 15 is 0 Å². The number of aryl methyl sites for hydroxylation is 1. The highest BCUT2D eigenvalue weighted by Crippen LogP contribution is 2.42. The largest absolute Gasteiger partial charge is 0.492 e. The van der Waals surface area contributed by atoms with Crippen molar-refractivity contribution < 1.29 is 9.50 Å². The molecule has 0 spiro atoms. The van der Waals surface area contributed by atoms with Crippen LogP contribution in [0.25, 0.3) is 4.96 Å². The zero-order valence-corrected chi connectivity index (χ0v) is 16.2. The molecule has 0 fully saturated rings. The smallest absolute Gasteiger partial charge is 0.230 e. The molecule has 5 nitrogen and oxygen atoms in total. The lowest BCUT2D eigenvalue weighted by molar-refractivity contribution is 0.202. The molecule has 1 N–H and O–H groups in total. The van der Waals surface area contributed by atoms with E-state index in [0.29, 0.717) is 27.8 Å². The molecule has 0 amide bonds. The molecule has 2 aromatic carbocycles. The molecule has 0 bridgehead atoms. The number of benzene rings is 2. The zero-order chi connectivity index (χ0) is 19.3. The number of halogens is 1. The summed E-state index contributed by atoms with van der Waals surface area (Å²) in [7, 11) is 0. The molecule has 7 heteroatoms. The number of thiazole rings is 1. The first kappa shape index (κ1) is 17.3. The van der Waals surface area contributed by atoms with Crippen LogP contribution in [0.3, 0.4) is 0 Å². The zero-order valence-electron chi connectivity index (χ0n) is 15.3. The number of hydrogen-bond donors (Lipinski definition) is 1. The van der Waals surface area contributed by atoms with Crippen molar-refractivity contribution in [3.05, 3.63) is 81.7 Å². The molecular formula is C21H19FN4OS. The summed E-state index contributed by atoms with van der Waals surface area (Å²) < 4.78 is 16.3. The molecule has 2 aromatic heterocycles. The van der Waals surface area contributed by atoms with Crippen molar-refractivity contribution in [3.8, 4) is 5.88 Å². The summed E-state index contributed by atoms with van der Waals surface area (Å²) in [5.41, 5.74) is 3.12. The van der Waals surface area contributed by atoms with Gasteiger partial charge in [-0.25, -0.2) is 9.37 Å². The summed E-state index contributed by atoms with van der Waals surface area (Å²) >= 11 is 1.36. The lowest BCUT2D eigenvalue weighted by Crippen LogP contribution is -2.35. The Kier molecular flexibility index (Phi) is 4.14. The Labute approximate surface area is 165 Å². The summed E-state index contributed by atoms with van der Waals surface area (Å²) in [6.45, 7) is 3.26. The maximum absolute atomic E-state index is 14.8. The van der Waals surface area contributed by atoms with E-state index in [9.17, 15) is 9.50 Å². The Morgan fingerprint density at radius 2 is 1.86 bits per heavy atom. The summed E-state index contributed by atoms with van der Waals surface area (Å²) in [6.07, 6.45) is 0.891. The fourth-order valence-corrected chi connectivity index (χ4v) is 5.12. The van der Waals surface area contributed by atoms with Crippen molar-refractivity contribution in [3.63, 3.8) is 0 Å². The second-order valence-electron chi connectivity index (χ2n) is 7.06. The number of hydrogen-bond acceptors (Lipinski definition) is 5. The van der Waals surface area contributed by atoms with Crippen LogP contribution in [0.1, 0.15) is 33.4 Å². The summed E-state index contributed by atoms with van der Waals surface area (Å²) in [5.74, 6) is 0.357. The number of aromatic hydroxyl groups is 1. The molecule has 4 aromatic rings. The fourth-order valence-electron chi connectivity index (χ4n) is 3.96. The van der Waals surface area contributed by atoms with Crippen molar-refractivity contribution in [2.75, 3.05) is 6.54 Å². The molecule has 5 rings (SSSR count). The quantitative estimate of drug-likeness (QED) is 0.569. The third kappa shape index (κ3) is 2.78. The van der Waals surface area contributed by atoms with Crippen molar-refractivity contribution in [2.45, 2.75) is 25.9 Å². The molecule has 0 unspecified atom stereocenters.